The van der Waals surface area contributed by atoms with E-state index in [9.17, 15) is 9.90 Å². The highest BCUT2D eigenvalue weighted by molar-refractivity contribution is 5.95. The second-order valence-corrected chi connectivity index (χ2v) is 9.98. The van der Waals surface area contributed by atoms with E-state index in [-0.39, 0.29) is 23.7 Å². The Morgan fingerprint density at radius 2 is 1.57 bits per heavy atom. The number of aromatic amines is 1. The first-order valence-electron chi connectivity index (χ1n) is 12.6. The van der Waals surface area contributed by atoms with Crippen molar-refractivity contribution in [2.24, 2.45) is 0 Å². The average molecular weight is 472 g/mol. The molecular weight excluding hydrogens is 434 g/mol. The van der Waals surface area contributed by atoms with Gasteiger partial charge in [-0.05, 0) is 93.6 Å². The van der Waals surface area contributed by atoms with Gasteiger partial charge >= 0.3 is 0 Å². The van der Waals surface area contributed by atoms with Gasteiger partial charge in [-0.1, -0.05) is 29.8 Å². The molecule has 1 aliphatic rings. The van der Waals surface area contributed by atoms with Crippen molar-refractivity contribution in [2.45, 2.75) is 59.2 Å². The molecule has 0 bridgehead atoms. The second kappa shape index (κ2) is 11.0. The summed E-state index contributed by atoms with van der Waals surface area (Å²) in [6, 6.07) is 20.0. The molecule has 0 saturated carbocycles. The van der Waals surface area contributed by atoms with Crippen LogP contribution in [0.25, 0.3) is 5.57 Å². The number of carbonyl (C=O) groups excluding carboxylic acids is 1. The fourth-order valence-corrected chi connectivity index (χ4v) is 5.17. The lowest BCUT2D eigenvalue weighted by Crippen LogP contribution is -2.42. The third-order valence-electron chi connectivity index (χ3n) is 6.77. The minimum absolute atomic E-state index is 0.0609. The number of hydrogen-bond acceptors (Lipinski definition) is 3. The monoisotopic (exact) mass is 471 g/mol. The number of nitrogens with zero attached hydrogens (tertiary/aromatic N) is 2. The predicted octanol–water partition coefficient (Wildman–Crippen LogP) is 6.08. The topological polar surface area (TPSA) is 59.6 Å². The molecule has 1 aliphatic heterocycles. The molecule has 1 fully saturated rings. The van der Waals surface area contributed by atoms with Crippen molar-refractivity contribution < 1.29 is 9.90 Å². The summed E-state index contributed by atoms with van der Waals surface area (Å²) in [7, 11) is 0. The van der Waals surface area contributed by atoms with Crippen molar-refractivity contribution in [3.63, 3.8) is 0 Å². The summed E-state index contributed by atoms with van der Waals surface area (Å²) in [5, 5.41) is 10.2. The van der Waals surface area contributed by atoms with E-state index in [2.05, 4.69) is 61.8 Å². The minimum Gasteiger partial charge on any atom is -0.508 e. The number of phenols is 1. The molecule has 0 atom stereocenters. The van der Waals surface area contributed by atoms with Gasteiger partial charge in [-0.15, -0.1) is 0 Å². The number of amides is 1. The Morgan fingerprint density at radius 1 is 0.914 bits per heavy atom. The van der Waals surface area contributed by atoms with Gasteiger partial charge in [0.05, 0.1) is 0 Å². The number of likely N-dealkylation sites (tertiary alicyclic amines) is 1. The van der Waals surface area contributed by atoms with Crippen molar-refractivity contribution in [2.75, 3.05) is 13.1 Å². The van der Waals surface area contributed by atoms with E-state index in [0.29, 0.717) is 5.56 Å². The molecule has 2 N–H and O–H groups in total. The smallest absolute Gasteiger partial charge is 0.254 e. The predicted molar refractivity (Wildman–Crippen MR) is 142 cm³/mol. The van der Waals surface area contributed by atoms with Crippen LogP contribution >= 0.6 is 0 Å². The lowest BCUT2D eigenvalue weighted by Gasteiger charge is -2.31. The Balaban J connectivity index is 1.62. The number of hydrogen-bond donors (Lipinski definition) is 2. The number of piperidine rings is 1. The van der Waals surface area contributed by atoms with Crippen LogP contribution in [0.15, 0.2) is 72.4 Å². The highest BCUT2D eigenvalue weighted by atomic mass is 16.3. The molecule has 35 heavy (non-hydrogen) atoms. The summed E-state index contributed by atoms with van der Waals surface area (Å²) >= 11 is 0. The standard InChI is InChI=1S/C30H37N3O2/c1-21(2)33(22(3)4)30(35)25-12-10-23(11-13-25)29(26-7-5-9-28(34)19-26)24-14-17-32(18-15-24)20-27-8-6-16-31-27/h5-13,16,19,21-22,31,34H,14-15,17-18,20H2,1-4H3. The van der Waals surface area contributed by atoms with Gasteiger partial charge in [0.2, 0.25) is 0 Å². The van der Waals surface area contributed by atoms with Crippen LogP contribution in [-0.2, 0) is 6.54 Å². The largest absolute Gasteiger partial charge is 0.508 e. The van der Waals surface area contributed by atoms with Gasteiger partial charge < -0.3 is 15.0 Å². The van der Waals surface area contributed by atoms with Crippen molar-refractivity contribution in [1.82, 2.24) is 14.8 Å². The molecular formula is C30H37N3O2. The average Bonchev–Trinajstić information content (AvgIpc) is 3.33. The summed E-state index contributed by atoms with van der Waals surface area (Å²) in [6.45, 7) is 11.1. The lowest BCUT2D eigenvalue weighted by molar-refractivity contribution is 0.0643. The third-order valence-corrected chi connectivity index (χ3v) is 6.77. The number of nitrogens with one attached hydrogen (secondary N) is 1. The lowest BCUT2D eigenvalue weighted by atomic mass is 9.88. The first kappa shape index (κ1) is 24.8. The summed E-state index contributed by atoms with van der Waals surface area (Å²) in [5.74, 6) is 0.326. The molecule has 184 valence electrons. The molecule has 5 heteroatoms. The number of rotatable bonds is 7. The van der Waals surface area contributed by atoms with Gasteiger partial charge in [0.1, 0.15) is 5.75 Å². The molecule has 0 unspecified atom stereocenters. The zero-order valence-corrected chi connectivity index (χ0v) is 21.3. The van der Waals surface area contributed by atoms with Crippen LogP contribution < -0.4 is 0 Å². The normalized spacial score (nSPS) is 14.5. The summed E-state index contributed by atoms with van der Waals surface area (Å²) in [5.41, 5.74) is 6.61. The van der Waals surface area contributed by atoms with Gasteiger partial charge in [-0.3, -0.25) is 9.69 Å². The Labute approximate surface area is 209 Å². The van der Waals surface area contributed by atoms with E-state index in [1.165, 1.54) is 16.8 Å². The SMILES string of the molecule is CC(C)N(C(=O)c1ccc(C(=C2CCN(Cc3ccc[nH]3)CC2)c2cccc(O)c2)cc1)C(C)C. The first-order valence-corrected chi connectivity index (χ1v) is 12.6. The van der Waals surface area contributed by atoms with Gasteiger partial charge in [0.15, 0.2) is 0 Å². The number of aromatic hydroxyl groups is 1. The van der Waals surface area contributed by atoms with Gasteiger partial charge in [0, 0.05) is 49.2 Å². The van der Waals surface area contributed by atoms with E-state index in [1.807, 2.05) is 41.4 Å². The highest BCUT2D eigenvalue weighted by Crippen LogP contribution is 2.34. The third kappa shape index (κ3) is 5.85. The number of phenolic OH excluding ortho intramolecular Hbond substituents is 1. The van der Waals surface area contributed by atoms with Crippen LogP contribution in [0.2, 0.25) is 0 Å². The molecule has 3 aromatic rings. The summed E-state index contributed by atoms with van der Waals surface area (Å²) < 4.78 is 0. The fraction of sp³-hybridized carbons (Fsp3) is 0.367. The van der Waals surface area contributed by atoms with Crippen molar-refractivity contribution in [1.29, 1.82) is 0 Å². The van der Waals surface area contributed by atoms with E-state index in [4.69, 9.17) is 0 Å². The van der Waals surface area contributed by atoms with Crippen LogP contribution in [0.1, 0.15) is 67.7 Å². The van der Waals surface area contributed by atoms with Crippen LogP contribution in [0.5, 0.6) is 5.75 Å². The fourth-order valence-electron chi connectivity index (χ4n) is 5.17. The molecule has 2 heterocycles. The molecule has 1 saturated heterocycles. The number of benzene rings is 2. The number of aromatic nitrogens is 1. The van der Waals surface area contributed by atoms with Crippen LogP contribution in [0, 0.1) is 0 Å². The van der Waals surface area contributed by atoms with Crippen molar-refractivity contribution in [3.8, 4) is 5.75 Å². The maximum Gasteiger partial charge on any atom is 0.254 e. The molecule has 2 aromatic carbocycles. The number of carbonyl (C=O) groups is 1. The maximum atomic E-state index is 13.2. The van der Waals surface area contributed by atoms with E-state index < -0.39 is 0 Å². The quantitative estimate of drug-likeness (QED) is 0.439. The van der Waals surface area contributed by atoms with Gasteiger partial charge in [-0.25, -0.2) is 0 Å². The van der Waals surface area contributed by atoms with E-state index >= 15 is 0 Å². The zero-order valence-electron chi connectivity index (χ0n) is 21.3. The minimum atomic E-state index is 0.0609. The number of H-pyrrole nitrogens is 1. The van der Waals surface area contributed by atoms with E-state index in [1.54, 1.807) is 6.07 Å². The van der Waals surface area contributed by atoms with Crippen LogP contribution in [0.4, 0.5) is 0 Å². The van der Waals surface area contributed by atoms with Crippen molar-refractivity contribution >= 4 is 11.5 Å². The van der Waals surface area contributed by atoms with Crippen LogP contribution in [0.3, 0.4) is 0 Å². The highest BCUT2D eigenvalue weighted by Gasteiger charge is 2.23. The molecule has 0 aliphatic carbocycles. The Bertz CT molecular complexity index is 1140. The maximum absolute atomic E-state index is 13.2. The Morgan fingerprint density at radius 3 is 2.14 bits per heavy atom. The van der Waals surface area contributed by atoms with Gasteiger partial charge in [0.25, 0.3) is 5.91 Å². The van der Waals surface area contributed by atoms with Gasteiger partial charge in [-0.2, -0.15) is 0 Å². The van der Waals surface area contributed by atoms with Crippen molar-refractivity contribution in [3.05, 3.63) is 94.8 Å². The molecule has 1 aromatic heterocycles. The molecule has 5 nitrogen and oxygen atoms in total. The summed E-state index contributed by atoms with van der Waals surface area (Å²) in [6.07, 6.45) is 3.92. The zero-order chi connectivity index (χ0) is 24.9. The molecule has 4 rings (SSSR count). The summed E-state index contributed by atoms with van der Waals surface area (Å²) in [4.78, 5) is 20.9. The molecule has 0 radical (unpaired) electrons. The Hall–Kier alpha value is -3.31. The molecule has 1 amide bonds. The second-order valence-electron chi connectivity index (χ2n) is 9.98. The van der Waals surface area contributed by atoms with E-state index in [0.717, 1.165) is 43.6 Å². The Kier molecular flexibility index (Phi) is 7.76. The first-order chi connectivity index (χ1) is 16.8. The molecule has 0 spiro atoms. The van der Waals surface area contributed by atoms with Crippen LogP contribution in [-0.4, -0.2) is 51.0 Å².